The number of benzene rings is 2. The lowest BCUT2D eigenvalue weighted by molar-refractivity contribution is -0.145. The zero-order valence-electron chi connectivity index (χ0n) is 42.8. The Kier molecular flexibility index (Phi) is 24.2. The first-order chi connectivity index (χ1) is 33.2. The van der Waals surface area contributed by atoms with Crippen LogP contribution in [0.2, 0.25) is 0 Å². The minimum atomic E-state index is -1.20. The normalized spacial score (nSPS) is 14.2. The average Bonchev–Trinajstić information content (AvgIpc) is 3.30. The van der Waals surface area contributed by atoms with Gasteiger partial charge in [-0.1, -0.05) is 23.7 Å². The summed E-state index contributed by atoms with van der Waals surface area (Å²) in [6, 6.07) is 10.6. The van der Waals surface area contributed by atoms with Gasteiger partial charge in [0.15, 0.2) is 0 Å². The molecular formula is C52H70N4O15. The van der Waals surface area contributed by atoms with Crippen LogP contribution in [0.1, 0.15) is 103 Å². The first-order valence-electron chi connectivity index (χ1n) is 22.6. The number of amides is 3. The third-order valence-electron chi connectivity index (χ3n) is 9.58. The van der Waals surface area contributed by atoms with E-state index in [2.05, 4.69) is 44.4 Å². The summed E-state index contributed by atoms with van der Waals surface area (Å²) in [7, 11) is 2.45. The van der Waals surface area contributed by atoms with E-state index in [9.17, 15) is 28.8 Å². The molecule has 2 aromatic carbocycles. The van der Waals surface area contributed by atoms with Gasteiger partial charge in [-0.3, -0.25) is 9.59 Å². The van der Waals surface area contributed by atoms with Gasteiger partial charge >= 0.3 is 30.1 Å². The van der Waals surface area contributed by atoms with E-state index in [0.29, 0.717) is 36.9 Å². The van der Waals surface area contributed by atoms with Gasteiger partial charge in [-0.25, -0.2) is 19.2 Å². The topological polar surface area (TPSA) is 259 Å². The minimum absolute atomic E-state index is 0.207. The summed E-state index contributed by atoms with van der Waals surface area (Å²) in [5.74, 6) is 10.4. The Morgan fingerprint density at radius 3 is 1.41 bits per heavy atom. The van der Waals surface area contributed by atoms with E-state index < -0.39 is 70.4 Å². The first kappa shape index (κ1) is 60.1. The molecule has 2 atom stereocenters. The lowest BCUT2D eigenvalue weighted by Crippen LogP contribution is -2.62. The van der Waals surface area contributed by atoms with Crippen molar-refractivity contribution in [3.63, 3.8) is 0 Å². The number of rotatable bonds is 13. The Balaban J connectivity index is 0.000000403. The number of carbonyl (C=O) groups excluding carboxylic acids is 5. The fourth-order valence-corrected chi connectivity index (χ4v) is 5.79. The van der Waals surface area contributed by atoms with Gasteiger partial charge in [0.2, 0.25) is 0 Å². The summed E-state index contributed by atoms with van der Waals surface area (Å²) < 4.78 is 41.2. The van der Waals surface area contributed by atoms with Crippen LogP contribution in [0.5, 0.6) is 11.5 Å². The van der Waals surface area contributed by atoms with Crippen LogP contribution in [0.4, 0.5) is 9.59 Å². The Labute approximate surface area is 416 Å². The molecule has 2 aliphatic heterocycles. The van der Waals surface area contributed by atoms with Gasteiger partial charge in [0, 0.05) is 29.6 Å². The molecule has 0 saturated carbocycles. The van der Waals surface area contributed by atoms with E-state index in [4.69, 9.17) is 44.0 Å². The molecule has 0 saturated heterocycles. The van der Waals surface area contributed by atoms with Crippen molar-refractivity contribution in [1.29, 1.82) is 0 Å². The Bertz CT molecular complexity index is 2300. The number of carboxylic acid groups (broad SMARTS) is 1. The number of carbonyl (C=O) groups is 6. The number of nitrogens with one attached hydrogen (secondary N) is 3. The van der Waals surface area contributed by atoms with Crippen LogP contribution >= 0.6 is 0 Å². The molecule has 4 rings (SSSR count). The average molecular weight is 991 g/mol. The Morgan fingerprint density at radius 2 is 1.04 bits per heavy atom. The number of methoxy groups -OCH3 is 2. The molecule has 0 bridgehead atoms. The lowest BCUT2D eigenvalue weighted by Gasteiger charge is -2.34. The van der Waals surface area contributed by atoms with Crippen molar-refractivity contribution in [3.05, 3.63) is 83.0 Å². The molecule has 2 aromatic rings. The van der Waals surface area contributed by atoms with Gasteiger partial charge in [-0.2, -0.15) is 0 Å². The van der Waals surface area contributed by atoms with Crippen LogP contribution in [-0.4, -0.2) is 129 Å². The second kappa shape index (κ2) is 28.6. The van der Waals surface area contributed by atoms with Gasteiger partial charge in [-0.15, -0.1) is 0 Å². The molecule has 0 spiro atoms. The van der Waals surface area contributed by atoms with Crippen molar-refractivity contribution in [1.82, 2.24) is 16.0 Å². The van der Waals surface area contributed by atoms with Crippen LogP contribution in [0.15, 0.2) is 71.8 Å². The second-order valence-corrected chi connectivity index (χ2v) is 18.8. The number of aromatic carboxylic acids is 1. The molecule has 388 valence electrons. The van der Waals surface area contributed by atoms with Crippen molar-refractivity contribution < 1.29 is 71.8 Å². The summed E-state index contributed by atoms with van der Waals surface area (Å²) in [4.78, 5) is 71.0. The van der Waals surface area contributed by atoms with Gasteiger partial charge in [-0.05, 0) is 130 Å². The quantitative estimate of drug-likeness (QED) is 0.0890. The van der Waals surface area contributed by atoms with Gasteiger partial charge in [0.25, 0.3) is 5.91 Å². The largest absolute Gasteiger partial charge is 0.481 e. The lowest BCUT2D eigenvalue weighted by atomic mass is 9.94. The highest BCUT2D eigenvalue weighted by Gasteiger charge is 2.40. The Hall–Kier alpha value is -7.06. The van der Waals surface area contributed by atoms with E-state index in [1.165, 1.54) is 26.4 Å². The van der Waals surface area contributed by atoms with Crippen LogP contribution in [0, 0.1) is 23.7 Å². The minimum Gasteiger partial charge on any atom is -0.481 e. The van der Waals surface area contributed by atoms with E-state index in [1.807, 2.05) is 12.2 Å². The fourth-order valence-electron chi connectivity index (χ4n) is 5.79. The molecular weight excluding hydrogens is 921 g/mol. The molecule has 6 N–H and O–H groups in total. The van der Waals surface area contributed by atoms with Crippen molar-refractivity contribution in [3.8, 4) is 35.2 Å². The van der Waals surface area contributed by atoms with Crippen molar-refractivity contribution >= 4 is 36.0 Å². The van der Waals surface area contributed by atoms with Crippen molar-refractivity contribution in [2.45, 2.75) is 116 Å². The highest BCUT2D eigenvalue weighted by Crippen LogP contribution is 2.18. The predicted molar refractivity (Wildman–Crippen MR) is 264 cm³/mol. The molecule has 0 aromatic heterocycles. The fraction of sp³-hybridized carbons (Fsp3) is 0.500. The molecule has 2 aliphatic rings. The molecule has 0 aliphatic carbocycles. The van der Waals surface area contributed by atoms with E-state index in [-0.39, 0.29) is 18.8 Å². The highest BCUT2D eigenvalue weighted by molar-refractivity contribution is 5.97. The zero-order chi connectivity index (χ0) is 53.4. The van der Waals surface area contributed by atoms with Gasteiger partial charge in [0.05, 0.1) is 57.3 Å². The maximum Gasteiger partial charge on any atom is 0.408 e. The van der Waals surface area contributed by atoms with E-state index in [0.717, 1.165) is 30.6 Å². The summed E-state index contributed by atoms with van der Waals surface area (Å²) in [5, 5.41) is 16.6. The molecule has 0 unspecified atom stereocenters. The maximum atomic E-state index is 12.8. The van der Waals surface area contributed by atoms with Crippen LogP contribution < -0.4 is 31.2 Å². The smallest absolute Gasteiger partial charge is 0.408 e. The summed E-state index contributed by atoms with van der Waals surface area (Å²) in [5.41, 5.74) is 4.86. The number of alkyl carbamates (subject to hydrolysis) is 2. The van der Waals surface area contributed by atoms with Crippen molar-refractivity contribution in [2.75, 3.05) is 53.9 Å². The standard InChI is InChI=1S/C26H34N2O7.C15H14O4.C11H22N2O4/c1-25(2,3)35-24(31)28-26(4,5)21(23(30)32-6)27-22(29)19-9-11-20(12-10-19)34-15-7-8-18-13-16-33-17-14-18;16-15(17)13-3-5-14(6-4-13)19-9-1-2-12-7-10-18-11-8-12;1-10(2,3)17-9(15)13-11(4,5)7(12)8(14)16-6/h9-13,21H,14-17H2,1-6H3,(H,27,29)(H,28,31);3-7H,8-11H2,(H,16,17);7H,12H2,1-6H3,(H,13,15)/t21-;;7-/m1.1/s1. The van der Waals surface area contributed by atoms with E-state index in [1.54, 1.807) is 106 Å². The third kappa shape index (κ3) is 23.9. The zero-order valence-corrected chi connectivity index (χ0v) is 42.8. The predicted octanol–water partition coefficient (Wildman–Crippen LogP) is 5.89. The van der Waals surface area contributed by atoms with Crippen molar-refractivity contribution in [2.24, 2.45) is 5.73 Å². The molecule has 19 nitrogen and oxygen atoms in total. The molecule has 3 amide bonds. The van der Waals surface area contributed by atoms with E-state index >= 15 is 0 Å². The highest BCUT2D eigenvalue weighted by atomic mass is 16.6. The number of ether oxygens (including phenoxy) is 8. The summed E-state index contributed by atoms with van der Waals surface area (Å²) >= 11 is 0. The first-order valence-corrected chi connectivity index (χ1v) is 22.6. The number of nitrogens with two attached hydrogens (primary N) is 1. The van der Waals surface area contributed by atoms with Gasteiger partial charge in [0.1, 0.15) is 48.0 Å². The molecule has 0 fully saturated rings. The molecule has 19 heteroatoms. The molecule has 71 heavy (non-hydrogen) atoms. The number of hydrogen-bond donors (Lipinski definition) is 5. The molecule has 2 heterocycles. The van der Waals surface area contributed by atoms with Gasteiger partial charge < -0.3 is 64.7 Å². The summed E-state index contributed by atoms with van der Waals surface area (Å²) in [6.07, 6.45) is 4.23. The molecule has 0 radical (unpaired) electrons. The third-order valence-corrected chi connectivity index (χ3v) is 9.58. The maximum absolute atomic E-state index is 12.8. The SMILES string of the molecule is COC(=O)[C@@H](N)C(C)(C)NC(=O)OC(C)(C)C.COC(=O)[C@@H](NC(=O)c1ccc(OCC#CC2=CCOCC2)cc1)C(C)(C)NC(=O)OC(C)(C)C.O=C(O)c1ccc(OCC#CC2=CCOCC2)cc1. The number of carboxylic acids is 1. The number of esters is 2. The number of hydrogen-bond acceptors (Lipinski definition) is 15. The van der Waals surface area contributed by atoms with Crippen LogP contribution in [-0.2, 0) is 38.0 Å². The van der Waals surface area contributed by atoms with Crippen LogP contribution in [0.3, 0.4) is 0 Å². The second-order valence-electron chi connectivity index (χ2n) is 18.8. The van der Waals surface area contributed by atoms with Crippen LogP contribution in [0.25, 0.3) is 0 Å². The summed E-state index contributed by atoms with van der Waals surface area (Å²) in [6.45, 7) is 19.9. The Morgan fingerprint density at radius 1 is 0.634 bits per heavy atom. The monoisotopic (exact) mass is 990 g/mol.